The lowest BCUT2D eigenvalue weighted by Crippen LogP contribution is -2.71. The fourth-order valence-corrected chi connectivity index (χ4v) is 5.69. The number of carbonyl (C=O) groups is 4. The number of nitrogens with two attached hydrogens (primary N) is 1. The van der Waals surface area contributed by atoms with Gasteiger partial charge in [-0.15, -0.1) is 23.1 Å². The van der Waals surface area contributed by atoms with Gasteiger partial charge in [0.15, 0.2) is 10.8 Å². The van der Waals surface area contributed by atoms with E-state index in [0.717, 1.165) is 16.2 Å². The van der Waals surface area contributed by atoms with Crippen LogP contribution in [0, 0.1) is 0 Å². The van der Waals surface area contributed by atoms with E-state index in [9.17, 15) is 29.4 Å². The van der Waals surface area contributed by atoms with Crippen molar-refractivity contribution in [2.45, 2.75) is 30.9 Å². The van der Waals surface area contributed by atoms with Crippen molar-refractivity contribution in [3.05, 3.63) is 22.3 Å². The van der Waals surface area contributed by atoms with Crippen molar-refractivity contribution in [3.63, 3.8) is 0 Å². The summed E-state index contributed by atoms with van der Waals surface area (Å²) >= 11 is 4.41. The van der Waals surface area contributed by atoms with Crippen LogP contribution in [-0.2, 0) is 24.0 Å². The summed E-state index contributed by atoms with van der Waals surface area (Å²) in [6.07, 6.45) is 0. The van der Waals surface area contributed by atoms with Gasteiger partial charge in [-0.3, -0.25) is 14.5 Å². The molecule has 2 aliphatic rings. The highest BCUT2D eigenvalue weighted by Gasteiger charge is 2.54. The molecular formula is C17H18IN5O7S2. The van der Waals surface area contributed by atoms with Gasteiger partial charge in [0.1, 0.15) is 22.8 Å². The number of aliphatic carboxylic acids is 2. The molecule has 172 valence electrons. The van der Waals surface area contributed by atoms with E-state index in [1.165, 1.54) is 31.0 Å². The molecule has 0 radical (unpaired) electrons. The highest BCUT2D eigenvalue weighted by molar-refractivity contribution is 14.1. The fourth-order valence-electron chi connectivity index (χ4n) is 2.80. The molecule has 0 aromatic carbocycles. The summed E-state index contributed by atoms with van der Waals surface area (Å²) < 4.78 is 0.457. The van der Waals surface area contributed by atoms with Gasteiger partial charge in [-0.1, -0.05) is 27.7 Å². The first-order valence-corrected chi connectivity index (χ1v) is 12.4. The van der Waals surface area contributed by atoms with E-state index in [-0.39, 0.29) is 22.2 Å². The van der Waals surface area contributed by atoms with Gasteiger partial charge in [0.25, 0.3) is 11.8 Å². The monoisotopic (exact) mass is 595 g/mol. The molecule has 2 amide bonds. The number of nitrogens with zero attached hydrogens (tertiary/aromatic N) is 3. The number of carbonyl (C=O) groups excluding carboxylic acids is 2. The second kappa shape index (κ2) is 9.22. The lowest BCUT2D eigenvalue weighted by molar-refractivity contribution is -0.161. The summed E-state index contributed by atoms with van der Waals surface area (Å²) in [6.45, 7) is 2.50. The number of nitrogens with one attached hydrogen (secondary N) is 1. The van der Waals surface area contributed by atoms with Crippen LogP contribution in [0.25, 0.3) is 0 Å². The number of carboxylic acids is 2. The summed E-state index contributed by atoms with van der Waals surface area (Å²) in [5, 5.41) is 25.9. The van der Waals surface area contributed by atoms with Crippen molar-refractivity contribution in [2.75, 3.05) is 15.9 Å². The number of oxime groups is 1. The lowest BCUT2D eigenvalue weighted by Gasteiger charge is -2.49. The number of nitrogen functional groups attached to an aromatic ring is 1. The standard InChI is InChI=1S/C17H18IN5O7S2/c1-17(2,15(28)29)30-22-8(7-5-32-16(19)20-7)11(24)21-9-12(25)23-10(14(26)27)6(3-18)4-31-13(9)23/h5,9,13H,3-4H2,1-2H3,(H2,19,20)(H,21,24)(H,26,27)(H,28,29)/b22-8-/t9?,13-/m0/s1. The smallest absolute Gasteiger partial charge is 0.352 e. The van der Waals surface area contributed by atoms with Gasteiger partial charge in [-0.05, 0) is 19.4 Å². The molecule has 1 aromatic rings. The molecule has 2 atom stereocenters. The molecule has 3 heterocycles. The molecule has 0 saturated carbocycles. The minimum Gasteiger partial charge on any atom is -0.478 e. The van der Waals surface area contributed by atoms with Crippen molar-refractivity contribution in [1.82, 2.24) is 15.2 Å². The number of aromatic nitrogens is 1. The normalized spacial score (nSPS) is 21.0. The maximum absolute atomic E-state index is 12.9. The van der Waals surface area contributed by atoms with Crippen LogP contribution in [0.1, 0.15) is 19.5 Å². The molecule has 1 aromatic heterocycles. The molecule has 32 heavy (non-hydrogen) atoms. The fraction of sp³-hybridized carbons (Fsp3) is 0.412. The topological polar surface area (TPSA) is 185 Å². The number of halogens is 1. The molecule has 1 saturated heterocycles. The van der Waals surface area contributed by atoms with Crippen molar-refractivity contribution < 1.29 is 34.2 Å². The Morgan fingerprint density at radius 2 is 2.12 bits per heavy atom. The minimum atomic E-state index is -1.73. The Bertz CT molecular complexity index is 1050. The number of β-lactam (4-membered cyclic amide) rings is 1. The van der Waals surface area contributed by atoms with E-state index in [4.69, 9.17) is 10.6 Å². The zero-order valence-electron chi connectivity index (χ0n) is 16.7. The average molecular weight is 595 g/mol. The van der Waals surface area contributed by atoms with E-state index in [1.807, 2.05) is 22.6 Å². The summed E-state index contributed by atoms with van der Waals surface area (Å²) in [5.74, 6) is -3.51. The van der Waals surface area contributed by atoms with Crippen LogP contribution in [0.15, 0.2) is 21.8 Å². The van der Waals surface area contributed by atoms with Crippen LogP contribution in [0.2, 0.25) is 0 Å². The Kier molecular flexibility index (Phi) is 6.99. The summed E-state index contributed by atoms with van der Waals surface area (Å²) in [4.78, 5) is 58.8. The van der Waals surface area contributed by atoms with E-state index in [0.29, 0.717) is 15.8 Å². The molecule has 2 aliphatic heterocycles. The third-order valence-electron chi connectivity index (χ3n) is 4.56. The number of alkyl halides is 1. The largest absolute Gasteiger partial charge is 0.478 e. The highest BCUT2D eigenvalue weighted by Crippen LogP contribution is 2.40. The number of amides is 2. The van der Waals surface area contributed by atoms with Gasteiger partial charge in [0, 0.05) is 15.6 Å². The van der Waals surface area contributed by atoms with Gasteiger partial charge >= 0.3 is 11.9 Å². The summed E-state index contributed by atoms with van der Waals surface area (Å²) in [6, 6.07) is -0.994. The zero-order chi connectivity index (χ0) is 23.8. The molecule has 1 unspecified atom stereocenters. The first-order valence-electron chi connectivity index (χ1n) is 8.95. The number of rotatable bonds is 8. The molecule has 15 heteroatoms. The highest BCUT2D eigenvalue weighted by atomic mass is 127. The van der Waals surface area contributed by atoms with Gasteiger partial charge in [-0.25, -0.2) is 14.6 Å². The number of hydrogen-bond donors (Lipinski definition) is 4. The quantitative estimate of drug-likeness (QED) is 0.108. The van der Waals surface area contributed by atoms with Gasteiger partial charge in [0.05, 0.1) is 0 Å². The Hall–Kier alpha value is -2.40. The third kappa shape index (κ3) is 4.54. The predicted octanol–water partition coefficient (Wildman–Crippen LogP) is 0.483. The van der Waals surface area contributed by atoms with Crippen LogP contribution in [0.4, 0.5) is 5.13 Å². The number of carboxylic acid groups (broad SMARTS) is 2. The van der Waals surface area contributed by atoms with Crippen LogP contribution in [-0.4, -0.2) is 76.8 Å². The zero-order valence-corrected chi connectivity index (χ0v) is 20.5. The lowest BCUT2D eigenvalue weighted by atomic mass is 10.0. The van der Waals surface area contributed by atoms with E-state index >= 15 is 0 Å². The van der Waals surface area contributed by atoms with Crippen LogP contribution < -0.4 is 11.1 Å². The molecule has 1 fully saturated rings. The first-order chi connectivity index (χ1) is 15.0. The molecule has 5 N–H and O–H groups in total. The molecule has 3 rings (SSSR count). The summed E-state index contributed by atoms with van der Waals surface area (Å²) in [7, 11) is 0. The Morgan fingerprint density at radius 1 is 1.44 bits per heavy atom. The van der Waals surface area contributed by atoms with Gasteiger partial charge < -0.3 is 26.1 Å². The van der Waals surface area contributed by atoms with Crippen LogP contribution in [0.5, 0.6) is 0 Å². The Labute approximate surface area is 203 Å². The van der Waals surface area contributed by atoms with E-state index in [2.05, 4.69) is 15.5 Å². The third-order valence-corrected chi connectivity index (χ3v) is 7.49. The second-order valence-corrected chi connectivity index (χ2v) is 9.93. The maximum Gasteiger partial charge on any atom is 0.352 e. The molecule has 12 nitrogen and oxygen atoms in total. The first kappa shape index (κ1) is 24.2. The molecular weight excluding hydrogens is 577 g/mol. The molecule has 0 aliphatic carbocycles. The number of fused-ring (bicyclic) bond motifs is 1. The molecule has 0 bridgehead atoms. The van der Waals surface area contributed by atoms with E-state index in [1.54, 1.807) is 0 Å². The van der Waals surface area contributed by atoms with E-state index < -0.39 is 40.8 Å². The SMILES string of the molecule is CC(C)(O/N=C(\C(=O)NC1C(=O)N2C(C(=O)O)=C(CI)CS[C@@H]12)c1csc(N)n1)C(=O)O. The van der Waals surface area contributed by atoms with Gasteiger partial charge in [-0.2, -0.15) is 0 Å². The molecule has 0 spiro atoms. The number of thiazole rings is 1. The predicted molar refractivity (Wildman–Crippen MR) is 124 cm³/mol. The summed E-state index contributed by atoms with van der Waals surface area (Å²) in [5.41, 5.74) is 4.14. The van der Waals surface area contributed by atoms with Gasteiger partial charge in [0.2, 0.25) is 5.60 Å². The number of thioether (sulfide) groups is 1. The van der Waals surface area contributed by atoms with Crippen LogP contribution >= 0.6 is 45.7 Å². The van der Waals surface area contributed by atoms with Crippen molar-refractivity contribution in [2.24, 2.45) is 5.16 Å². The second-order valence-electron chi connectivity index (χ2n) is 7.17. The van der Waals surface area contributed by atoms with Crippen LogP contribution in [0.3, 0.4) is 0 Å². The Morgan fingerprint density at radius 3 is 2.66 bits per heavy atom. The maximum atomic E-state index is 12.9. The Balaban J connectivity index is 1.83. The average Bonchev–Trinajstić information content (AvgIpc) is 3.16. The number of hydrogen-bond acceptors (Lipinski definition) is 10. The van der Waals surface area contributed by atoms with Crippen molar-refractivity contribution in [1.29, 1.82) is 0 Å². The van der Waals surface area contributed by atoms with Crippen molar-refractivity contribution in [3.8, 4) is 0 Å². The number of anilines is 1. The minimum absolute atomic E-state index is 0.0458. The van der Waals surface area contributed by atoms with Crippen molar-refractivity contribution >= 4 is 80.3 Å².